The SMILES string of the molecule is CCC1C2CN(C(=O)C(C(C)(C)C)NC(=O)OC3(C)CCCC3CCCCCc3nc4ccc(OC)cc4nc3O2)C1C(=O)NC(C(=O)NS(=O)(=O)C1(C)CC1)C(C)C(F)F. The zero-order valence-corrected chi connectivity index (χ0v) is 37.3. The normalized spacial score (nSPS) is 28.2. The van der Waals surface area contributed by atoms with Crippen LogP contribution in [0.5, 0.6) is 11.6 Å². The van der Waals surface area contributed by atoms with E-state index in [-0.39, 0.29) is 37.6 Å². The number of benzene rings is 1. The highest BCUT2D eigenvalue weighted by Crippen LogP contribution is 2.43. The van der Waals surface area contributed by atoms with Crippen LogP contribution < -0.4 is 24.8 Å². The van der Waals surface area contributed by atoms with Crippen LogP contribution in [0.3, 0.4) is 0 Å². The topological polar surface area (TPSA) is 195 Å². The highest BCUT2D eigenvalue weighted by Gasteiger charge is 2.54. The summed E-state index contributed by atoms with van der Waals surface area (Å²) < 4.78 is 74.0. The maximum Gasteiger partial charge on any atom is 0.408 e. The number of fused-ring (bicyclic) bond motifs is 5. The third-order valence-corrected chi connectivity index (χ3v) is 15.6. The number of rotatable bonds is 9. The number of sulfonamides is 1. The van der Waals surface area contributed by atoms with Gasteiger partial charge in [-0.15, -0.1) is 0 Å². The summed E-state index contributed by atoms with van der Waals surface area (Å²) in [7, 11) is -2.73. The third-order valence-electron chi connectivity index (χ3n) is 13.4. The summed E-state index contributed by atoms with van der Waals surface area (Å²) in [4.78, 5) is 68.3. The molecule has 2 aromatic rings. The van der Waals surface area contributed by atoms with E-state index in [2.05, 4.69) is 10.6 Å². The number of carbonyl (C=O) groups excluding carboxylic acids is 4. The summed E-state index contributed by atoms with van der Waals surface area (Å²) in [5, 5.41) is 5.25. The lowest BCUT2D eigenvalue weighted by Crippen LogP contribution is -2.61. The highest BCUT2D eigenvalue weighted by atomic mass is 32.2. The highest BCUT2D eigenvalue weighted by molar-refractivity contribution is 7.91. The lowest BCUT2D eigenvalue weighted by molar-refractivity contribution is -0.144. The van der Waals surface area contributed by atoms with Gasteiger partial charge in [0.2, 0.25) is 34.1 Å². The Morgan fingerprint density at radius 1 is 1.05 bits per heavy atom. The molecule has 0 spiro atoms. The van der Waals surface area contributed by atoms with Gasteiger partial charge in [-0.25, -0.2) is 32.0 Å². The maximum absolute atomic E-state index is 15.0. The number of carbonyl (C=O) groups is 4. The summed E-state index contributed by atoms with van der Waals surface area (Å²) in [6.07, 6.45) is 2.30. The minimum Gasteiger partial charge on any atom is -0.497 e. The molecule has 3 heterocycles. The van der Waals surface area contributed by atoms with Crippen LogP contribution in [0, 0.1) is 23.2 Å². The van der Waals surface area contributed by atoms with Crippen molar-refractivity contribution >= 4 is 44.9 Å². The second kappa shape index (κ2) is 17.8. The molecule has 61 heavy (non-hydrogen) atoms. The van der Waals surface area contributed by atoms with Crippen molar-refractivity contribution in [2.75, 3.05) is 13.7 Å². The second-order valence-corrected chi connectivity index (χ2v) is 21.1. The van der Waals surface area contributed by atoms with Gasteiger partial charge in [0, 0.05) is 17.9 Å². The van der Waals surface area contributed by atoms with E-state index in [9.17, 15) is 31.6 Å². The Labute approximate surface area is 357 Å². The number of aryl methyl sites for hydroxylation is 1. The molecule has 1 aromatic heterocycles. The molecule has 8 unspecified atom stereocenters. The quantitative estimate of drug-likeness (QED) is 0.275. The molecule has 2 saturated carbocycles. The zero-order valence-electron chi connectivity index (χ0n) is 36.5. The van der Waals surface area contributed by atoms with Gasteiger partial charge in [0.1, 0.15) is 41.3 Å². The van der Waals surface area contributed by atoms with E-state index >= 15 is 4.79 Å². The first-order chi connectivity index (χ1) is 28.6. The van der Waals surface area contributed by atoms with Crippen LogP contribution in [0.2, 0.25) is 0 Å². The first-order valence-electron chi connectivity index (χ1n) is 21.6. The molecule has 2 aliphatic carbocycles. The number of nitrogens with one attached hydrogen (secondary N) is 3. The summed E-state index contributed by atoms with van der Waals surface area (Å²) in [6, 6.07) is 0.680. The molecule has 2 bridgehead atoms. The van der Waals surface area contributed by atoms with E-state index in [1.807, 2.05) is 17.7 Å². The van der Waals surface area contributed by atoms with Crippen LogP contribution in [-0.4, -0.2) is 102 Å². The van der Waals surface area contributed by atoms with E-state index in [0.717, 1.165) is 45.4 Å². The molecule has 8 atom stereocenters. The summed E-state index contributed by atoms with van der Waals surface area (Å²) in [5.41, 5.74) is 0.0131. The number of hydrogen-bond acceptors (Lipinski definition) is 11. The van der Waals surface area contributed by atoms with Crippen LogP contribution in [-0.2, 0) is 35.6 Å². The molecule has 0 radical (unpaired) electrons. The number of aromatic nitrogens is 2. The van der Waals surface area contributed by atoms with Gasteiger partial charge in [-0.05, 0) is 95.1 Å². The Hall–Kier alpha value is -4.35. The van der Waals surface area contributed by atoms with Crippen LogP contribution >= 0.6 is 0 Å². The van der Waals surface area contributed by atoms with Crippen LogP contribution in [0.15, 0.2) is 18.2 Å². The number of alkyl carbamates (subject to hydrolysis) is 1. The molecule has 15 nitrogen and oxygen atoms in total. The van der Waals surface area contributed by atoms with Crippen molar-refractivity contribution in [3.05, 3.63) is 23.9 Å². The Kier molecular flexibility index (Phi) is 13.5. The first-order valence-corrected chi connectivity index (χ1v) is 23.1. The molecule has 2 aliphatic heterocycles. The van der Waals surface area contributed by atoms with Crippen molar-refractivity contribution < 1.29 is 50.6 Å². The summed E-state index contributed by atoms with van der Waals surface area (Å²) in [6.45, 7) is 11.3. The number of alkyl halides is 2. The number of amides is 4. The largest absolute Gasteiger partial charge is 0.497 e. The zero-order chi connectivity index (χ0) is 44.7. The van der Waals surface area contributed by atoms with E-state index < -0.39 is 92.1 Å². The fourth-order valence-electron chi connectivity index (χ4n) is 9.04. The smallest absolute Gasteiger partial charge is 0.408 e. The van der Waals surface area contributed by atoms with Gasteiger partial charge in [-0.1, -0.05) is 47.5 Å². The van der Waals surface area contributed by atoms with Crippen LogP contribution in [0.25, 0.3) is 11.0 Å². The monoisotopic (exact) mass is 876 g/mol. The van der Waals surface area contributed by atoms with Crippen molar-refractivity contribution in [2.24, 2.45) is 23.2 Å². The van der Waals surface area contributed by atoms with E-state index in [1.54, 1.807) is 39.8 Å². The van der Waals surface area contributed by atoms with Crippen molar-refractivity contribution in [3.63, 3.8) is 0 Å². The van der Waals surface area contributed by atoms with Crippen LogP contribution in [0.4, 0.5) is 13.6 Å². The van der Waals surface area contributed by atoms with Gasteiger partial charge in [0.15, 0.2) is 0 Å². The summed E-state index contributed by atoms with van der Waals surface area (Å²) >= 11 is 0. The van der Waals surface area contributed by atoms with Crippen molar-refractivity contribution in [1.82, 2.24) is 30.2 Å². The molecule has 1 saturated heterocycles. The molecule has 6 rings (SSSR count). The predicted molar refractivity (Wildman–Crippen MR) is 222 cm³/mol. The van der Waals surface area contributed by atoms with Gasteiger partial charge < -0.3 is 29.7 Å². The van der Waals surface area contributed by atoms with E-state index in [0.29, 0.717) is 35.3 Å². The van der Waals surface area contributed by atoms with Gasteiger partial charge in [-0.2, -0.15) is 0 Å². The van der Waals surface area contributed by atoms with Crippen molar-refractivity contribution in [2.45, 2.75) is 160 Å². The van der Waals surface area contributed by atoms with Gasteiger partial charge in [0.25, 0.3) is 5.91 Å². The average molecular weight is 877 g/mol. The molecule has 4 amide bonds. The minimum absolute atomic E-state index is 0.107. The minimum atomic E-state index is -4.26. The van der Waals surface area contributed by atoms with Gasteiger partial charge in [-0.3, -0.25) is 19.1 Å². The fraction of sp³-hybridized carbons (Fsp3) is 0.721. The molecule has 3 fully saturated rings. The molecule has 1 aromatic carbocycles. The van der Waals surface area contributed by atoms with Gasteiger partial charge in [0.05, 0.1) is 29.4 Å². The number of nitrogens with zero attached hydrogens (tertiary/aromatic N) is 3. The van der Waals surface area contributed by atoms with Gasteiger partial charge >= 0.3 is 6.09 Å². The van der Waals surface area contributed by atoms with Crippen molar-refractivity contribution in [1.29, 1.82) is 0 Å². The molecular weight excluding hydrogens is 815 g/mol. The average Bonchev–Trinajstić information content (AvgIpc) is 3.71. The number of ether oxygens (including phenoxy) is 3. The van der Waals surface area contributed by atoms with E-state index in [1.165, 1.54) is 18.9 Å². The third kappa shape index (κ3) is 9.83. The van der Waals surface area contributed by atoms with Crippen LogP contribution in [0.1, 0.15) is 118 Å². The molecular formula is C43H62F2N6O9S. The summed E-state index contributed by atoms with van der Waals surface area (Å²) in [5.74, 6) is -4.70. The standard InChI is InChI=1S/C43H62F2N6O9S/c1-9-27-31-23-51(33(27)37(53)48-32(24(2)35(44)45)36(52)50-61(56,57)42(6)20-21-42)39(54)34(41(3,4)5)49-40(55)60-43(7)19-13-15-25(43)14-11-10-12-16-29-38(59-31)47-30-22-26(58-8)17-18-28(30)46-29/h17-18,22,24-25,27,31-35H,9-16,19-21,23H2,1-8H3,(H,48,53)(H,49,55)(H,50,52). The first kappa shape index (κ1) is 46.2. The second-order valence-electron chi connectivity index (χ2n) is 18.9. The van der Waals surface area contributed by atoms with E-state index in [4.69, 9.17) is 24.2 Å². The lowest BCUT2D eigenvalue weighted by atomic mass is 9.85. The fourth-order valence-corrected chi connectivity index (χ4v) is 10.3. The molecule has 338 valence electrons. The molecule has 3 N–H and O–H groups in total. The van der Waals surface area contributed by atoms with Crippen molar-refractivity contribution in [3.8, 4) is 11.6 Å². The maximum atomic E-state index is 15.0. The Balaban J connectivity index is 1.42. The number of hydrogen-bond donors (Lipinski definition) is 3. The Morgan fingerprint density at radius 3 is 2.39 bits per heavy atom. The lowest BCUT2D eigenvalue weighted by Gasteiger charge is -2.37. The number of methoxy groups -OCH3 is 1. The Bertz CT molecular complexity index is 2100. The predicted octanol–water partition coefficient (Wildman–Crippen LogP) is 5.82. The number of halogens is 2. The molecule has 4 aliphatic rings. The Morgan fingerprint density at radius 2 is 1.75 bits per heavy atom. The molecule has 18 heteroatoms.